The van der Waals surface area contributed by atoms with Gasteiger partial charge in [0.25, 0.3) is 5.88 Å². The molecule has 2 aliphatic rings. The summed E-state index contributed by atoms with van der Waals surface area (Å²) in [6.45, 7) is 6.23. The average Bonchev–Trinajstić information content (AvgIpc) is 3.15. The molecule has 0 saturated carbocycles. The van der Waals surface area contributed by atoms with Crippen LogP contribution in [0.15, 0.2) is 6.33 Å². The van der Waals surface area contributed by atoms with Gasteiger partial charge in [0.2, 0.25) is 5.82 Å². The van der Waals surface area contributed by atoms with Gasteiger partial charge in [-0.1, -0.05) is 6.92 Å². The van der Waals surface area contributed by atoms with Crippen LogP contribution in [0.25, 0.3) is 0 Å². The minimum atomic E-state index is -0.426. The fourth-order valence-electron chi connectivity index (χ4n) is 4.04. The summed E-state index contributed by atoms with van der Waals surface area (Å²) in [4.78, 5) is 19.6. The van der Waals surface area contributed by atoms with Gasteiger partial charge >= 0.3 is 0 Å². The number of aryl methyl sites for hydroxylation is 3. The van der Waals surface area contributed by atoms with Crippen LogP contribution in [0.3, 0.4) is 0 Å². The number of hydrogen-bond donors (Lipinski definition) is 0. The van der Waals surface area contributed by atoms with Gasteiger partial charge in [-0.3, -0.25) is 0 Å². The third-order valence-corrected chi connectivity index (χ3v) is 5.56. The van der Waals surface area contributed by atoms with Gasteiger partial charge in [-0.2, -0.15) is 9.37 Å². The Balaban J connectivity index is 1.36. The van der Waals surface area contributed by atoms with Gasteiger partial charge in [0.05, 0.1) is 12.3 Å². The zero-order valence-electron chi connectivity index (χ0n) is 16.0. The predicted molar refractivity (Wildman–Crippen MR) is 101 cm³/mol. The summed E-state index contributed by atoms with van der Waals surface area (Å²) in [5.41, 5.74) is 2.97. The second kappa shape index (κ2) is 7.74. The van der Waals surface area contributed by atoms with Gasteiger partial charge in [-0.15, -0.1) is 0 Å². The Bertz CT molecular complexity index is 820. The largest absolute Gasteiger partial charge is 0.475 e. The molecule has 3 heterocycles. The topological polar surface area (TPSA) is 64.0 Å². The summed E-state index contributed by atoms with van der Waals surface area (Å²) < 4.78 is 19.9. The number of rotatable bonds is 5. The Morgan fingerprint density at radius 1 is 1.19 bits per heavy atom. The number of halogens is 1. The molecule has 0 aromatic carbocycles. The van der Waals surface area contributed by atoms with Crippen molar-refractivity contribution >= 4 is 5.82 Å². The molecule has 7 heteroatoms. The molecule has 0 bridgehead atoms. The van der Waals surface area contributed by atoms with Gasteiger partial charge < -0.3 is 9.64 Å². The molecular formula is C20H26FN5O. The monoisotopic (exact) mass is 371 g/mol. The SMILES string of the molecule is CCc1ncnc(OCC2CCN(c3nc(C)nc4c3CCC4)CC2)c1F. The quantitative estimate of drug-likeness (QED) is 0.805. The van der Waals surface area contributed by atoms with Crippen LogP contribution >= 0.6 is 0 Å². The first-order chi connectivity index (χ1) is 13.2. The van der Waals surface area contributed by atoms with E-state index in [1.165, 1.54) is 24.0 Å². The van der Waals surface area contributed by atoms with Gasteiger partial charge in [-0.05, 0) is 51.4 Å². The molecule has 0 atom stereocenters. The highest BCUT2D eigenvalue weighted by Gasteiger charge is 2.26. The normalized spacial score (nSPS) is 17.2. The Morgan fingerprint density at radius 2 is 2.00 bits per heavy atom. The zero-order valence-corrected chi connectivity index (χ0v) is 16.0. The highest BCUT2D eigenvalue weighted by Crippen LogP contribution is 2.31. The van der Waals surface area contributed by atoms with E-state index in [4.69, 9.17) is 9.72 Å². The molecule has 2 aromatic rings. The van der Waals surface area contributed by atoms with E-state index in [0.717, 1.165) is 50.4 Å². The third kappa shape index (κ3) is 3.73. The summed E-state index contributed by atoms with van der Waals surface area (Å²) >= 11 is 0. The predicted octanol–water partition coefficient (Wildman–Crippen LogP) is 3.06. The number of fused-ring (bicyclic) bond motifs is 1. The third-order valence-electron chi connectivity index (χ3n) is 5.56. The summed E-state index contributed by atoms with van der Waals surface area (Å²) in [6, 6.07) is 0. The number of hydrogen-bond acceptors (Lipinski definition) is 6. The first-order valence-corrected chi connectivity index (χ1v) is 9.89. The van der Waals surface area contributed by atoms with E-state index in [2.05, 4.69) is 19.9 Å². The summed E-state index contributed by atoms with van der Waals surface area (Å²) in [5.74, 6) is 2.04. The molecule has 0 radical (unpaired) electrons. The Labute approximate surface area is 159 Å². The van der Waals surface area contributed by atoms with Gasteiger partial charge in [-0.25, -0.2) is 15.0 Å². The zero-order chi connectivity index (χ0) is 18.8. The molecule has 0 spiro atoms. The number of aromatic nitrogens is 4. The molecule has 27 heavy (non-hydrogen) atoms. The van der Waals surface area contributed by atoms with E-state index in [1.54, 1.807) is 0 Å². The molecule has 0 amide bonds. The van der Waals surface area contributed by atoms with Crippen molar-refractivity contribution in [1.82, 2.24) is 19.9 Å². The Kier molecular flexibility index (Phi) is 5.18. The molecule has 1 saturated heterocycles. The first kappa shape index (κ1) is 18.1. The van der Waals surface area contributed by atoms with Crippen molar-refractivity contribution in [2.75, 3.05) is 24.6 Å². The van der Waals surface area contributed by atoms with Gasteiger partial charge in [0.15, 0.2) is 0 Å². The lowest BCUT2D eigenvalue weighted by molar-refractivity contribution is 0.206. The van der Waals surface area contributed by atoms with Crippen molar-refractivity contribution < 1.29 is 9.13 Å². The average molecular weight is 371 g/mol. The second-order valence-corrected chi connectivity index (χ2v) is 7.41. The minimum absolute atomic E-state index is 0.0773. The van der Waals surface area contributed by atoms with Crippen LogP contribution < -0.4 is 9.64 Å². The molecule has 144 valence electrons. The number of anilines is 1. The van der Waals surface area contributed by atoms with E-state index in [1.807, 2.05) is 13.8 Å². The maximum absolute atomic E-state index is 14.2. The lowest BCUT2D eigenvalue weighted by atomic mass is 9.97. The van der Waals surface area contributed by atoms with Crippen molar-refractivity contribution in [2.45, 2.75) is 52.4 Å². The molecule has 2 aromatic heterocycles. The number of piperidine rings is 1. The Morgan fingerprint density at radius 3 is 2.78 bits per heavy atom. The molecular weight excluding hydrogens is 345 g/mol. The van der Waals surface area contributed by atoms with E-state index in [-0.39, 0.29) is 5.88 Å². The van der Waals surface area contributed by atoms with Crippen LogP contribution in [-0.2, 0) is 19.3 Å². The minimum Gasteiger partial charge on any atom is -0.475 e. The highest BCUT2D eigenvalue weighted by molar-refractivity contribution is 5.51. The molecule has 6 nitrogen and oxygen atoms in total. The molecule has 1 aliphatic heterocycles. The molecule has 0 N–H and O–H groups in total. The van der Waals surface area contributed by atoms with Crippen molar-refractivity contribution in [3.8, 4) is 5.88 Å². The van der Waals surface area contributed by atoms with E-state index >= 15 is 0 Å². The van der Waals surface area contributed by atoms with Crippen LogP contribution in [0.4, 0.5) is 10.2 Å². The number of ether oxygens (including phenoxy) is 1. The molecule has 1 aliphatic carbocycles. The van der Waals surface area contributed by atoms with Crippen molar-refractivity contribution in [3.63, 3.8) is 0 Å². The lowest BCUT2D eigenvalue weighted by Crippen LogP contribution is -2.37. The van der Waals surface area contributed by atoms with E-state index in [0.29, 0.717) is 24.6 Å². The maximum atomic E-state index is 14.2. The van der Waals surface area contributed by atoms with Crippen molar-refractivity contribution in [1.29, 1.82) is 0 Å². The highest BCUT2D eigenvalue weighted by atomic mass is 19.1. The first-order valence-electron chi connectivity index (χ1n) is 9.89. The van der Waals surface area contributed by atoms with E-state index in [9.17, 15) is 4.39 Å². The lowest BCUT2D eigenvalue weighted by Gasteiger charge is -2.33. The summed E-state index contributed by atoms with van der Waals surface area (Å²) in [5, 5.41) is 0. The van der Waals surface area contributed by atoms with Crippen LogP contribution in [0.2, 0.25) is 0 Å². The van der Waals surface area contributed by atoms with Crippen LogP contribution in [-0.4, -0.2) is 39.6 Å². The fourth-order valence-corrected chi connectivity index (χ4v) is 4.04. The smallest absolute Gasteiger partial charge is 0.253 e. The van der Waals surface area contributed by atoms with Crippen LogP contribution in [0, 0.1) is 18.7 Å². The fraction of sp³-hybridized carbons (Fsp3) is 0.600. The summed E-state index contributed by atoms with van der Waals surface area (Å²) in [7, 11) is 0. The van der Waals surface area contributed by atoms with Crippen LogP contribution in [0.5, 0.6) is 5.88 Å². The molecule has 4 rings (SSSR count). The maximum Gasteiger partial charge on any atom is 0.253 e. The number of nitrogens with zero attached hydrogens (tertiary/aromatic N) is 5. The van der Waals surface area contributed by atoms with Gasteiger partial charge in [0.1, 0.15) is 18.0 Å². The molecule has 0 unspecified atom stereocenters. The van der Waals surface area contributed by atoms with Gasteiger partial charge in [0, 0.05) is 24.3 Å². The van der Waals surface area contributed by atoms with E-state index < -0.39 is 5.82 Å². The Hall–Kier alpha value is -2.31. The second-order valence-electron chi connectivity index (χ2n) is 7.41. The van der Waals surface area contributed by atoms with Crippen LogP contribution in [0.1, 0.15) is 49.0 Å². The van der Waals surface area contributed by atoms with Crippen molar-refractivity contribution in [3.05, 3.63) is 34.9 Å². The summed E-state index contributed by atoms with van der Waals surface area (Å²) in [6.07, 6.45) is 7.25. The van der Waals surface area contributed by atoms with Crippen molar-refractivity contribution in [2.24, 2.45) is 5.92 Å². The standard InChI is InChI=1S/C20H26FN5O/c1-3-16-18(21)20(23-12-22-16)27-11-14-7-9-26(10-8-14)19-15-5-4-6-17(15)24-13(2)25-19/h12,14H,3-11H2,1-2H3. The molecule has 1 fully saturated rings.